The van der Waals surface area contributed by atoms with Crippen LogP contribution in [0.3, 0.4) is 0 Å². The van der Waals surface area contributed by atoms with Crippen molar-refractivity contribution in [1.82, 2.24) is 9.80 Å². The molecule has 0 bridgehead atoms. The molecule has 1 aromatic rings. The van der Waals surface area contributed by atoms with Gasteiger partial charge in [0.1, 0.15) is 17.0 Å². The molecule has 3 aliphatic heterocycles. The largest absolute Gasteiger partial charge is 0.486 e. The number of benzene rings is 1. The van der Waals surface area contributed by atoms with Gasteiger partial charge in [-0.3, -0.25) is 9.59 Å². The lowest BCUT2D eigenvalue weighted by molar-refractivity contribution is -0.0226. The second-order valence-corrected chi connectivity index (χ2v) is 9.47. The number of carbonyl (C=O) groups is 3. The van der Waals surface area contributed by atoms with Gasteiger partial charge in [-0.2, -0.15) is 0 Å². The highest BCUT2D eigenvalue weighted by Crippen LogP contribution is 2.40. The third-order valence-electron chi connectivity index (χ3n) is 5.96. The molecule has 0 aliphatic carbocycles. The number of hydrogen-bond acceptors (Lipinski definition) is 6. The van der Waals surface area contributed by atoms with Crippen LogP contribution in [0.5, 0.6) is 5.75 Å². The van der Waals surface area contributed by atoms with Gasteiger partial charge in [-0.25, -0.2) is 4.79 Å². The summed E-state index contributed by atoms with van der Waals surface area (Å²) in [6, 6.07) is 5.10. The van der Waals surface area contributed by atoms with Gasteiger partial charge in [-0.1, -0.05) is 0 Å². The fraction of sp³-hybridized carbons (Fsp3) is 0.609. The van der Waals surface area contributed by atoms with Gasteiger partial charge in [0.25, 0.3) is 5.91 Å². The third-order valence-corrected chi connectivity index (χ3v) is 5.96. The quantitative estimate of drug-likeness (QED) is 0.681. The smallest absolute Gasteiger partial charge is 0.410 e. The van der Waals surface area contributed by atoms with E-state index in [1.165, 1.54) is 0 Å². The Morgan fingerprint density at radius 2 is 1.71 bits per heavy atom. The Balaban J connectivity index is 1.44. The van der Waals surface area contributed by atoms with Crippen LogP contribution in [-0.2, 0) is 9.47 Å². The molecule has 8 heteroatoms. The third kappa shape index (κ3) is 4.69. The number of fused-ring (bicyclic) bond motifs is 1. The summed E-state index contributed by atoms with van der Waals surface area (Å²) in [5.41, 5.74) is -0.204. The number of amides is 2. The molecule has 0 atom stereocenters. The van der Waals surface area contributed by atoms with Gasteiger partial charge in [0.05, 0.1) is 25.2 Å². The van der Waals surface area contributed by atoms with Crippen LogP contribution in [0.15, 0.2) is 18.2 Å². The van der Waals surface area contributed by atoms with Gasteiger partial charge in [-0.15, -0.1) is 0 Å². The molecule has 2 fully saturated rings. The highest BCUT2D eigenvalue weighted by atomic mass is 16.6. The standard InChI is InChI=1S/C23H30N2O6/c1-22(2,3)31-21(28)25-8-6-23(7-9-25)15-18(26)17-14-16(4-5-19(17)30-23)20(27)24-10-12-29-13-11-24/h4-5,14H,6-13,15H2,1-3H3. The maximum absolute atomic E-state index is 13.0. The number of carbonyl (C=O) groups excluding carboxylic acids is 3. The first kappa shape index (κ1) is 21.6. The maximum atomic E-state index is 13.0. The van der Waals surface area contributed by atoms with Gasteiger partial charge in [0.2, 0.25) is 0 Å². The van der Waals surface area contributed by atoms with Crippen LogP contribution in [0.25, 0.3) is 0 Å². The Hall–Kier alpha value is -2.61. The van der Waals surface area contributed by atoms with Crippen LogP contribution < -0.4 is 4.74 Å². The average molecular weight is 431 g/mol. The molecule has 0 saturated carbocycles. The first-order valence-electron chi connectivity index (χ1n) is 10.9. The molecule has 8 nitrogen and oxygen atoms in total. The summed E-state index contributed by atoms with van der Waals surface area (Å²) in [5.74, 6) is 0.397. The van der Waals surface area contributed by atoms with Crippen molar-refractivity contribution >= 4 is 17.8 Å². The first-order valence-corrected chi connectivity index (χ1v) is 10.9. The highest BCUT2D eigenvalue weighted by molar-refractivity contribution is 6.03. The number of rotatable bonds is 1. The summed E-state index contributed by atoms with van der Waals surface area (Å²) in [6.45, 7) is 8.64. The molecule has 2 saturated heterocycles. The summed E-state index contributed by atoms with van der Waals surface area (Å²) >= 11 is 0. The molecule has 2 amide bonds. The van der Waals surface area contributed by atoms with Crippen molar-refractivity contribution in [3.8, 4) is 5.75 Å². The van der Waals surface area contributed by atoms with Crippen LogP contribution >= 0.6 is 0 Å². The molecule has 0 unspecified atom stereocenters. The van der Waals surface area contributed by atoms with E-state index in [9.17, 15) is 14.4 Å². The minimum Gasteiger partial charge on any atom is -0.486 e. The van der Waals surface area contributed by atoms with Crippen molar-refractivity contribution in [3.05, 3.63) is 29.3 Å². The number of ether oxygens (including phenoxy) is 3. The van der Waals surface area contributed by atoms with E-state index in [0.29, 0.717) is 69.1 Å². The predicted molar refractivity (Wildman–Crippen MR) is 113 cm³/mol. The number of morpholine rings is 1. The van der Waals surface area contributed by atoms with Gasteiger partial charge < -0.3 is 24.0 Å². The Bertz CT molecular complexity index is 877. The van der Waals surface area contributed by atoms with Crippen molar-refractivity contribution in [2.75, 3.05) is 39.4 Å². The van der Waals surface area contributed by atoms with Gasteiger partial charge in [0, 0.05) is 44.6 Å². The Kier molecular flexibility index (Phi) is 5.68. The van der Waals surface area contributed by atoms with E-state index < -0.39 is 11.2 Å². The summed E-state index contributed by atoms with van der Waals surface area (Å²) < 4.78 is 17.0. The van der Waals surface area contributed by atoms with E-state index in [0.717, 1.165) is 0 Å². The molecule has 0 radical (unpaired) electrons. The highest BCUT2D eigenvalue weighted by Gasteiger charge is 2.44. The zero-order valence-corrected chi connectivity index (χ0v) is 18.4. The van der Waals surface area contributed by atoms with Crippen LogP contribution in [0.1, 0.15) is 60.7 Å². The summed E-state index contributed by atoms with van der Waals surface area (Å²) in [7, 11) is 0. The van der Waals surface area contributed by atoms with E-state index in [1.807, 2.05) is 20.8 Å². The SMILES string of the molecule is CC(C)(C)OC(=O)N1CCC2(CC1)CC(=O)c1cc(C(=O)N3CCOCC3)ccc1O2. The summed E-state index contributed by atoms with van der Waals surface area (Å²) in [5, 5.41) is 0. The average Bonchev–Trinajstić information content (AvgIpc) is 2.73. The van der Waals surface area contributed by atoms with E-state index >= 15 is 0 Å². The van der Waals surface area contributed by atoms with E-state index in [4.69, 9.17) is 14.2 Å². The minimum absolute atomic E-state index is 0.0244. The van der Waals surface area contributed by atoms with Gasteiger partial charge >= 0.3 is 6.09 Å². The van der Waals surface area contributed by atoms with Crippen LogP contribution in [-0.4, -0.2) is 78.2 Å². The van der Waals surface area contributed by atoms with Crippen LogP contribution in [0.4, 0.5) is 4.79 Å². The van der Waals surface area contributed by atoms with Crippen molar-refractivity contribution < 1.29 is 28.6 Å². The monoisotopic (exact) mass is 430 g/mol. The fourth-order valence-electron chi connectivity index (χ4n) is 4.28. The number of piperidine rings is 1. The second-order valence-electron chi connectivity index (χ2n) is 9.47. The van der Waals surface area contributed by atoms with Crippen molar-refractivity contribution in [2.45, 2.75) is 51.2 Å². The lowest BCUT2D eigenvalue weighted by atomic mass is 9.82. The summed E-state index contributed by atoms with van der Waals surface area (Å²) in [4.78, 5) is 41.5. The molecule has 168 valence electrons. The molecule has 1 spiro atoms. The van der Waals surface area contributed by atoms with Gasteiger partial charge in [0.15, 0.2) is 5.78 Å². The minimum atomic E-state index is -0.613. The number of Topliss-reactive ketones (excluding diaryl/α,β-unsaturated/α-hetero) is 1. The zero-order valence-electron chi connectivity index (χ0n) is 18.4. The zero-order chi connectivity index (χ0) is 22.2. The van der Waals surface area contributed by atoms with Gasteiger partial charge in [-0.05, 0) is 39.0 Å². The number of likely N-dealkylation sites (tertiary alicyclic amines) is 1. The molecule has 4 rings (SSSR count). The Morgan fingerprint density at radius 1 is 1.03 bits per heavy atom. The second kappa shape index (κ2) is 8.15. The van der Waals surface area contributed by atoms with Crippen molar-refractivity contribution in [2.24, 2.45) is 0 Å². The van der Waals surface area contributed by atoms with Crippen LogP contribution in [0.2, 0.25) is 0 Å². The van der Waals surface area contributed by atoms with E-state index in [-0.39, 0.29) is 24.2 Å². The fourth-order valence-corrected chi connectivity index (χ4v) is 4.28. The maximum Gasteiger partial charge on any atom is 0.410 e. The number of ketones is 1. The molecular formula is C23H30N2O6. The first-order chi connectivity index (χ1) is 14.7. The van der Waals surface area contributed by atoms with Crippen molar-refractivity contribution in [1.29, 1.82) is 0 Å². The molecule has 1 aromatic carbocycles. The number of nitrogens with zero attached hydrogens (tertiary/aromatic N) is 2. The normalized spacial score (nSPS) is 20.8. The molecule has 3 aliphatic rings. The Morgan fingerprint density at radius 3 is 2.35 bits per heavy atom. The molecule has 31 heavy (non-hydrogen) atoms. The number of hydrogen-bond donors (Lipinski definition) is 0. The predicted octanol–water partition coefficient (Wildman–Crippen LogP) is 2.89. The van der Waals surface area contributed by atoms with Crippen molar-refractivity contribution in [3.63, 3.8) is 0 Å². The molecule has 0 N–H and O–H groups in total. The molecule has 0 aromatic heterocycles. The van der Waals surface area contributed by atoms with Crippen LogP contribution in [0, 0.1) is 0 Å². The van der Waals surface area contributed by atoms with E-state index in [2.05, 4.69) is 0 Å². The topological polar surface area (TPSA) is 85.4 Å². The lowest BCUT2D eigenvalue weighted by Crippen LogP contribution is -2.53. The molecular weight excluding hydrogens is 400 g/mol. The summed E-state index contributed by atoms with van der Waals surface area (Å²) in [6.07, 6.45) is 1.03. The van der Waals surface area contributed by atoms with E-state index in [1.54, 1.807) is 28.0 Å². The molecule has 3 heterocycles. The Labute approximate surface area is 182 Å². The lowest BCUT2D eigenvalue weighted by Gasteiger charge is -2.44.